The Bertz CT molecular complexity index is 475. The van der Waals surface area contributed by atoms with Gasteiger partial charge in [0, 0.05) is 31.9 Å². The Morgan fingerprint density at radius 1 is 1.10 bits per heavy atom. The Morgan fingerprint density at radius 3 is 2.71 bits per heavy atom. The zero-order chi connectivity index (χ0) is 14.5. The molecular weight excluding hydrogens is 264 g/mol. The van der Waals surface area contributed by atoms with E-state index in [4.69, 9.17) is 4.74 Å². The average molecular weight is 290 g/mol. The lowest BCUT2D eigenvalue weighted by Crippen LogP contribution is -2.37. The molecule has 4 nitrogen and oxygen atoms in total. The first-order valence-electron chi connectivity index (χ1n) is 8.35. The SMILES string of the molecule is O=Cc1cc2c(n1CCCN1CCOCC1)CCCCC2. The quantitative estimate of drug-likeness (QED) is 0.616. The minimum Gasteiger partial charge on any atom is -0.379 e. The Hall–Kier alpha value is -1.13. The summed E-state index contributed by atoms with van der Waals surface area (Å²) >= 11 is 0. The molecule has 2 aliphatic rings. The van der Waals surface area contributed by atoms with Gasteiger partial charge in [0.15, 0.2) is 6.29 Å². The van der Waals surface area contributed by atoms with Crippen molar-refractivity contribution in [2.45, 2.75) is 45.1 Å². The van der Waals surface area contributed by atoms with Crippen LogP contribution in [0.25, 0.3) is 0 Å². The molecule has 2 heterocycles. The topological polar surface area (TPSA) is 34.5 Å². The highest BCUT2D eigenvalue weighted by Crippen LogP contribution is 2.24. The van der Waals surface area contributed by atoms with Crippen molar-refractivity contribution in [1.29, 1.82) is 0 Å². The zero-order valence-corrected chi connectivity index (χ0v) is 12.9. The molecule has 0 unspecified atom stereocenters. The second kappa shape index (κ2) is 7.23. The normalized spacial score (nSPS) is 20.0. The monoisotopic (exact) mass is 290 g/mol. The summed E-state index contributed by atoms with van der Waals surface area (Å²) in [6, 6.07) is 2.13. The van der Waals surface area contributed by atoms with Gasteiger partial charge in [-0.1, -0.05) is 6.42 Å². The second-order valence-corrected chi connectivity index (χ2v) is 6.18. The van der Waals surface area contributed by atoms with Gasteiger partial charge in [-0.2, -0.15) is 0 Å². The molecule has 1 aliphatic heterocycles. The van der Waals surface area contributed by atoms with Gasteiger partial charge in [0.1, 0.15) is 0 Å². The Kier molecular flexibility index (Phi) is 5.09. The van der Waals surface area contributed by atoms with E-state index in [0.717, 1.165) is 70.6 Å². The third-order valence-corrected chi connectivity index (χ3v) is 4.77. The number of hydrogen-bond donors (Lipinski definition) is 0. The maximum atomic E-state index is 11.3. The molecule has 1 aromatic heterocycles. The molecule has 116 valence electrons. The summed E-state index contributed by atoms with van der Waals surface area (Å²) in [5.74, 6) is 0. The summed E-state index contributed by atoms with van der Waals surface area (Å²) in [5.41, 5.74) is 3.72. The summed E-state index contributed by atoms with van der Waals surface area (Å²) < 4.78 is 7.67. The van der Waals surface area contributed by atoms with Crippen molar-refractivity contribution in [3.63, 3.8) is 0 Å². The van der Waals surface area contributed by atoms with Crippen molar-refractivity contribution in [1.82, 2.24) is 9.47 Å². The molecule has 21 heavy (non-hydrogen) atoms. The van der Waals surface area contributed by atoms with Gasteiger partial charge in [0.05, 0.1) is 18.9 Å². The van der Waals surface area contributed by atoms with Crippen LogP contribution in [0.2, 0.25) is 0 Å². The van der Waals surface area contributed by atoms with Gasteiger partial charge in [-0.15, -0.1) is 0 Å². The number of morpholine rings is 1. The van der Waals surface area contributed by atoms with E-state index in [0.29, 0.717) is 0 Å². The predicted octanol–water partition coefficient (Wildman–Crippen LogP) is 2.29. The summed E-state index contributed by atoms with van der Waals surface area (Å²) in [4.78, 5) is 13.8. The maximum Gasteiger partial charge on any atom is 0.166 e. The van der Waals surface area contributed by atoms with Crippen LogP contribution >= 0.6 is 0 Å². The minimum atomic E-state index is 0.860. The van der Waals surface area contributed by atoms with Crippen LogP contribution in [0.15, 0.2) is 6.07 Å². The molecule has 0 amide bonds. The summed E-state index contributed by atoms with van der Waals surface area (Å²) in [6.07, 6.45) is 8.28. The van der Waals surface area contributed by atoms with Gasteiger partial charge >= 0.3 is 0 Å². The molecule has 0 saturated carbocycles. The van der Waals surface area contributed by atoms with E-state index >= 15 is 0 Å². The number of aromatic nitrogens is 1. The summed E-state index contributed by atoms with van der Waals surface area (Å²) in [5, 5.41) is 0. The highest BCUT2D eigenvalue weighted by Gasteiger charge is 2.17. The van der Waals surface area contributed by atoms with E-state index in [1.165, 1.54) is 30.5 Å². The Balaban J connectivity index is 1.63. The molecule has 1 saturated heterocycles. The van der Waals surface area contributed by atoms with Crippen LogP contribution in [-0.4, -0.2) is 48.6 Å². The number of carbonyl (C=O) groups excluding carboxylic acids is 1. The van der Waals surface area contributed by atoms with Crippen molar-refractivity contribution >= 4 is 6.29 Å². The van der Waals surface area contributed by atoms with Crippen molar-refractivity contribution in [3.8, 4) is 0 Å². The zero-order valence-electron chi connectivity index (χ0n) is 12.9. The number of fused-ring (bicyclic) bond motifs is 1. The third kappa shape index (κ3) is 3.55. The molecule has 0 radical (unpaired) electrons. The van der Waals surface area contributed by atoms with Gasteiger partial charge < -0.3 is 9.30 Å². The fourth-order valence-electron chi connectivity index (χ4n) is 3.60. The number of aryl methyl sites for hydroxylation is 1. The van der Waals surface area contributed by atoms with Crippen LogP contribution in [0.5, 0.6) is 0 Å². The molecule has 4 heteroatoms. The molecular formula is C17H26N2O2. The summed E-state index contributed by atoms with van der Waals surface area (Å²) in [6.45, 7) is 5.89. The highest BCUT2D eigenvalue weighted by atomic mass is 16.5. The van der Waals surface area contributed by atoms with Crippen molar-refractivity contribution < 1.29 is 9.53 Å². The van der Waals surface area contributed by atoms with Crippen LogP contribution in [0.1, 0.15) is 47.4 Å². The number of nitrogens with zero attached hydrogens (tertiary/aromatic N) is 2. The molecule has 1 aliphatic carbocycles. The van der Waals surface area contributed by atoms with Gasteiger partial charge in [-0.25, -0.2) is 0 Å². The minimum absolute atomic E-state index is 0.860. The first-order chi connectivity index (χ1) is 10.4. The number of carbonyl (C=O) groups is 1. The molecule has 3 rings (SSSR count). The van der Waals surface area contributed by atoms with Gasteiger partial charge in [0.2, 0.25) is 0 Å². The molecule has 1 fully saturated rings. The number of rotatable bonds is 5. The third-order valence-electron chi connectivity index (χ3n) is 4.77. The summed E-state index contributed by atoms with van der Waals surface area (Å²) in [7, 11) is 0. The van der Waals surface area contributed by atoms with Gasteiger partial charge in [-0.05, 0) is 43.7 Å². The van der Waals surface area contributed by atoms with E-state index in [2.05, 4.69) is 15.5 Å². The first kappa shape index (κ1) is 14.8. The van der Waals surface area contributed by atoms with Crippen LogP contribution in [-0.2, 0) is 24.1 Å². The van der Waals surface area contributed by atoms with Crippen molar-refractivity contribution in [3.05, 3.63) is 23.0 Å². The lowest BCUT2D eigenvalue weighted by Gasteiger charge is -2.26. The molecule has 1 aromatic rings. The second-order valence-electron chi connectivity index (χ2n) is 6.18. The molecule has 0 N–H and O–H groups in total. The number of hydrogen-bond acceptors (Lipinski definition) is 3. The van der Waals surface area contributed by atoms with Crippen LogP contribution < -0.4 is 0 Å². The molecule has 0 bridgehead atoms. The predicted molar refractivity (Wildman–Crippen MR) is 83.0 cm³/mol. The van der Waals surface area contributed by atoms with Crippen LogP contribution in [0, 0.1) is 0 Å². The van der Waals surface area contributed by atoms with Gasteiger partial charge in [0.25, 0.3) is 0 Å². The van der Waals surface area contributed by atoms with Crippen LogP contribution in [0.4, 0.5) is 0 Å². The largest absolute Gasteiger partial charge is 0.379 e. The first-order valence-corrected chi connectivity index (χ1v) is 8.35. The van der Waals surface area contributed by atoms with Crippen molar-refractivity contribution in [2.24, 2.45) is 0 Å². The molecule has 0 spiro atoms. The Labute approximate surface area is 127 Å². The standard InChI is InChI=1S/C17H26N2O2/c20-14-16-13-15-5-2-1-3-6-17(15)19(16)8-4-7-18-9-11-21-12-10-18/h13-14H,1-12H2. The fourth-order valence-corrected chi connectivity index (χ4v) is 3.60. The molecule has 0 atom stereocenters. The lowest BCUT2D eigenvalue weighted by molar-refractivity contribution is 0.0369. The molecule has 0 aromatic carbocycles. The average Bonchev–Trinajstić information content (AvgIpc) is 2.70. The van der Waals surface area contributed by atoms with Crippen molar-refractivity contribution in [2.75, 3.05) is 32.8 Å². The van der Waals surface area contributed by atoms with E-state index in [9.17, 15) is 4.79 Å². The van der Waals surface area contributed by atoms with Crippen LogP contribution in [0.3, 0.4) is 0 Å². The fraction of sp³-hybridized carbons (Fsp3) is 0.706. The maximum absolute atomic E-state index is 11.3. The Morgan fingerprint density at radius 2 is 1.90 bits per heavy atom. The van der Waals surface area contributed by atoms with Gasteiger partial charge in [-0.3, -0.25) is 9.69 Å². The lowest BCUT2D eigenvalue weighted by atomic mass is 10.1. The van der Waals surface area contributed by atoms with E-state index in [1.807, 2.05) is 0 Å². The van der Waals surface area contributed by atoms with E-state index < -0.39 is 0 Å². The number of ether oxygens (including phenoxy) is 1. The highest BCUT2D eigenvalue weighted by molar-refractivity contribution is 5.73. The van der Waals surface area contributed by atoms with E-state index in [1.54, 1.807) is 0 Å². The smallest absolute Gasteiger partial charge is 0.166 e. The number of aldehydes is 1. The van der Waals surface area contributed by atoms with E-state index in [-0.39, 0.29) is 0 Å².